The van der Waals surface area contributed by atoms with Crippen molar-refractivity contribution in [1.82, 2.24) is 4.90 Å². The molecule has 0 aliphatic heterocycles. The van der Waals surface area contributed by atoms with E-state index in [9.17, 15) is 8.78 Å². The van der Waals surface area contributed by atoms with Crippen LogP contribution in [0.2, 0.25) is 0 Å². The Balaban J connectivity index is 2.61. The summed E-state index contributed by atoms with van der Waals surface area (Å²) in [5, 5.41) is 20.1. The van der Waals surface area contributed by atoms with Gasteiger partial charge in [-0.25, -0.2) is 8.78 Å². The van der Waals surface area contributed by atoms with Gasteiger partial charge in [0.05, 0.1) is 18.2 Å². The molecule has 0 aromatic heterocycles. The Labute approximate surface area is 111 Å². The van der Waals surface area contributed by atoms with Crippen molar-refractivity contribution < 1.29 is 13.9 Å². The zero-order chi connectivity index (χ0) is 14.3. The molecular weight excluding hydrogens is 252 g/mol. The third-order valence-corrected chi connectivity index (χ3v) is 2.76. The van der Waals surface area contributed by atoms with Crippen molar-refractivity contribution in [2.75, 3.05) is 38.1 Å². The van der Waals surface area contributed by atoms with Gasteiger partial charge in [0.1, 0.15) is 5.69 Å². The maximum absolute atomic E-state index is 13.5. The molecule has 0 heterocycles. The van der Waals surface area contributed by atoms with Crippen molar-refractivity contribution in [2.45, 2.75) is 6.92 Å². The fraction of sp³-hybridized carbons (Fsp3) is 0.462. The van der Waals surface area contributed by atoms with E-state index in [1.54, 1.807) is 6.07 Å². The van der Waals surface area contributed by atoms with Gasteiger partial charge in [-0.05, 0) is 18.7 Å². The minimum Gasteiger partial charge on any atom is -0.395 e. The third-order valence-electron chi connectivity index (χ3n) is 2.76. The Morgan fingerprint density at radius 1 is 1.32 bits per heavy atom. The van der Waals surface area contributed by atoms with Crippen molar-refractivity contribution in [2.24, 2.45) is 0 Å². The molecule has 6 heteroatoms. The first-order chi connectivity index (χ1) is 9.12. The molecule has 0 aliphatic carbocycles. The molecule has 0 radical (unpaired) electrons. The zero-order valence-electron chi connectivity index (χ0n) is 10.8. The lowest BCUT2D eigenvalue weighted by Crippen LogP contribution is -2.31. The summed E-state index contributed by atoms with van der Waals surface area (Å²) in [6, 6.07) is 3.69. The first kappa shape index (κ1) is 15.3. The van der Waals surface area contributed by atoms with Crippen LogP contribution in [0.1, 0.15) is 12.5 Å². The number of rotatable bonds is 7. The van der Waals surface area contributed by atoms with Gasteiger partial charge in [0.15, 0.2) is 11.6 Å². The van der Waals surface area contributed by atoms with Gasteiger partial charge in [-0.2, -0.15) is 5.26 Å². The largest absolute Gasteiger partial charge is 0.395 e. The number of likely N-dealkylation sites (N-methyl/N-ethyl adjacent to an activating group) is 1. The molecule has 0 fully saturated rings. The molecule has 1 aromatic carbocycles. The molecule has 0 atom stereocenters. The number of aliphatic hydroxyl groups is 1. The summed E-state index contributed by atoms with van der Waals surface area (Å²) in [6.07, 6.45) is 0. The summed E-state index contributed by atoms with van der Waals surface area (Å²) >= 11 is 0. The molecule has 0 spiro atoms. The number of aliphatic hydroxyl groups excluding tert-OH is 1. The van der Waals surface area contributed by atoms with Crippen molar-refractivity contribution in [3.8, 4) is 6.07 Å². The fourth-order valence-electron chi connectivity index (χ4n) is 1.72. The monoisotopic (exact) mass is 269 g/mol. The zero-order valence-corrected chi connectivity index (χ0v) is 10.8. The van der Waals surface area contributed by atoms with Crippen LogP contribution in [0.15, 0.2) is 12.1 Å². The Kier molecular flexibility index (Phi) is 6.19. The van der Waals surface area contributed by atoms with E-state index in [0.717, 1.165) is 18.7 Å². The normalized spacial score (nSPS) is 10.5. The van der Waals surface area contributed by atoms with E-state index in [1.165, 1.54) is 0 Å². The first-order valence-electron chi connectivity index (χ1n) is 6.08. The van der Waals surface area contributed by atoms with Crippen LogP contribution in [-0.2, 0) is 0 Å². The van der Waals surface area contributed by atoms with Crippen LogP contribution in [0, 0.1) is 23.0 Å². The third kappa shape index (κ3) is 4.47. The highest BCUT2D eigenvalue weighted by Crippen LogP contribution is 2.20. The molecule has 0 saturated carbocycles. The molecule has 1 rings (SSSR count). The number of nitriles is 1. The van der Waals surface area contributed by atoms with E-state index >= 15 is 0 Å². The lowest BCUT2D eigenvalue weighted by Gasteiger charge is -2.19. The van der Waals surface area contributed by atoms with E-state index < -0.39 is 11.6 Å². The summed E-state index contributed by atoms with van der Waals surface area (Å²) in [4.78, 5) is 1.95. The molecule has 2 N–H and O–H groups in total. The predicted octanol–water partition coefficient (Wildman–Crippen LogP) is 1.56. The Morgan fingerprint density at radius 2 is 1.95 bits per heavy atom. The molecule has 0 aliphatic rings. The van der Waals surface area contributed by atoms with Gasteiger partial charge in [0.25, 0.3) is 0 Å². The van der Waals surface area contributed by atoms with E-state index in [-0.39, 0.29) is 17.9 Å². The number of hydrogen-bond donors (Lipinski definition) is 2. The second-order valence-corrected chi connectivity index (χ2v) is 4.01. The topological polar surface area (TPSA) is 59.3 Å². The molecule has 0 unspecified atom stereocenters. The molecule has 0 saturated heterocycles. The van der Waals surface area contributed by atoms with Crippen LogP contribution < -0.4 is 5.32 Å². The second kappa shape index (κ2) is 7.67. The number of nitrogens with one attached hydrogen (secondary N) is 1. The molecule has 19 heavy (non-hydrogen) atoms. The van der Waals surface area contributed by atoms with Crippen molar-refractivity contribution in [3.05, 3.63) is 29.3 Å². The SMILES string of the molecule is CCN(CCO)CCNc1c(F)cc(C#N)cc1F. The Morgan fingerprint density at radius 3 is 2.42 bits per heavy atom. The average Bonchev–Trinajstić information content (AvgIpc) is 2.40. The maximum Gasteiger partial charge on any atom is 0.150 e. The Bertz CT molecular complexity index is 437. The molecule has 4 nitrogen and oxygen atoms in total. The van der Waals surface area contributed by atoms with Crippen LogP contribution >= 0.6 is 0 Å². The minimum absolute atomic E-state index is 0.0454. The van der Waals surface area contributed by atoms with E-state index in [4.69, 9.17) is 10.4 Å². The standard InChI is InChI=1S/C13H17F2N3O/c1-2-18(5-6-19)4-3-17-13-11(14)7-10(9-16)8-12(13)15/h7-8,17,19H,2-6H2,1H3. The lowest BCUT2D eigenvalue weighted by molar-refractivity contribution is 0.206. The lowest BCUT2D eigenvalue weighted by atomic mass is 10.2. The van der Waals surface area contributed by atoms with Crippen molar-refractivity contribution in [1.29, 1.82) is 5.26 Å². The second-order valence-electron chi connectivity index (χ2n) is 4.01. The van der Waals surface area contributed by atoms with Gasteiger partial charge in [-0.1, -0.05) is 6.92 Å². The fourth-order valence-corrected chi connectivity index (χ4v) is 1.72. The van der Waals surface area contributed by atoms with Crippen LogP contribution in [0.3, 0.4) is 0 Å². The maximum atomic E-state index is 13.5. The molecule has 104 valence electrons. The minimum atomic E-state index is -0.776. The van der Waals surface area contributed by atoms with E-state index in [0.29, 0.717) is 19.6 Å². The Hall–Kier alpha value is -1.71. The summed E-state index contributed by atoms with van der Waals surface area (Å²) in [7, 11) is 0. The smallest absolute Gasteiger partial charge is 0.150 e. The van der Waals surface area contributed by atoms with Gasteiger partial charge in [-0.15, -0.1) is 0 Å². The molecular formula is C13H17F2N3O. The summed E-state index contributed by atoms with van der Waals surface area (Å²) in [5.41, 5.74) is -0.268. The summed E-state index contributed by atoms with van der Waals surface area (Å²) in [5.74, 6) is -1.55. The number of anilines is 1. The van der Waals surface area contributed by atoms with Crippen LogP contribution in [0.4, 0.5) is 14.5 Å². The van der Waals surface area contributed by atoms with Gasteiger partial charge in [0.2, 0.25) is 0 Å². The van der Waals surface area contributed by atoms with Gasteiger partial charge in [-0.3, -0.25) is 4.90 Å². The quantitative estimate of drug-likeness (QED) is 0.788. The van der Waals surface area contributed by atoms with Crippen LogP contribution in [0.5, 0.6) is 0 Å². The van der Waals surface area contributed by atoms with E-state index in [2.05, 4.69) is 5.32 Å². The van der Waals surface area contributed by atoms with Gasteiger partial charge >= 0.3 is 0 Å². The van der Waals surface area contributed by atoms with Crippen molar-refractivity contribution in [3.63, 3.8) is 0 Å². The molecule has 1 aromatic rings. The average molecular weight is 269 g/mol. The van der Waals surface area contributed by atoms with Gasteiger partial charge < -0.3 is 10.4 Å². The molecule has 0 amide bonds. The van der Waals surface area contributed by atoms with Crippen LogP contribution in [0.25, 0.3) is 0 Å². The predicted molar refractivity (Wildman–Crippen MR) is 68.8 cm³/mol. The number of nitrogens with zero attached hydrogens (tertiary/aromatic N) is 2. The van der Waals surface area contributed by atoms with E-state index in [1.807, 2.05) is 11.8 Å². The van der Waals surface area contributed by atoms with Crippen LogP contribution in [-0.4, -0.2) is 42.8 Å². The highest BCUT2D eigenvalue weighted by Gasteiger charge is 2.11. The summed E-state index contributed by atoms with van der Waals surface area (Å²) in [6.45, 7) is 4.19. The highest BCUT2D eigenvalue weighted by atomic mass is 19.1. The summed E-state index contributed by atoms with van der Waals surface area (Å²) < 4.78 is 27.1. The van der Waals surface area contributed by atoms with Crippen molar-refractivity contribution >= 4 is 5.69 Å². The first-order valence-corrected chi connectivity index (χ1v) is 6.08. The molecule has 0 bridgehead atoms. The number of hydrogen-bond acceptors (Lipinski definition) is 4. The number of halogens is 2. The highest BCUT2D eigenvalue weighted by molar-refractivity contribution is 5.50. The number of benzene rings is 1. The van der Waals surface area contributed by atoms with Gasteiger partial charge in [0, 0.05) is 19.6 Å².